The molecule has 1 rings (SSSR count). The molecule has 1 atom stereocenters. The Morgan fingerprint density at radius 3 is 2.61 bits per heavy atom. The Kier molecular flexibility index (Phi) is 6.90. The van der Waals surface area contributed by atoms with Crippen molar-refractivity contribution in [2.45, 2.75) is 58.5 Å². The maximum Gasteiger partial charge on any atom is 0.0333 e. The fourth-order valence-corrected chi connectivity index (χ4v) is 3.14. The van der Waals surface area contributed by atoms with Gasteiger partial charge in [0.05, 0.1) is 0 Å². The lowest BCUT2D eigenvalue weighted by atomic mass is 9.92. The van der Waals surface area contributed by atoms with Crippen molar-refractivity contribution in [1.82, 2.24) is 4.90 Å². The minimum absolute atomic E-state index is 0.147. The second-order valence-corrected chi connectivity index (χ2v) is 6.28. The molecule has 104 valence electrons. The van der Waals surface area contributed by atoms with Crippen molar-refractivity contribution in [1.29, 1.82) is 0 Å². The van der Waals surface area contributed by atoms with Gasteiger partial charge in [-0.25, -0.2) is 0 Å². The van der Waals surface area contributed by atoms with Crippen molar-refractivity contribution >= 4 is 11.3 Å². The average molecular weight is 268 g/mol. The maximum absolute atomic E-state index is 6.06. The van der Waals surface area contributed by atoms with Crippen molar-refractivity contribution < 1.29 is 0 Å². The fraction of sp³-hybridized carbons (Fsp3) is 0.733. The van der Waals surface area contributed by atoms with E-state index in [0.717, 1.165) is 19.6 Å². The van der Waals surface area contributed by atoms with E-state index in [1.165, 1.54) is 30.6 Å². The zero-order valence-electron chi connectivity index (χ0n) is 12.1. The summed E-state index contributed by atoms with van der Waals surface area (Å²) in [7, 11) is 0. The molecule has 0 saturated carbocycles. The number of hydrogen-bond acceptors (Lipinski definition) is 3. The SMILES string of the molecule is CCCCCC(C)(CN)N(CC)Cc1cccs1. The van der Waals surface area contributed by atoms with Crippen LogP contribution in [0.15, 0.2) is 17.5 Å². The van der Waals surface area contributed by atoms with E-state index >= 15 is 0 Å². The third-order valence-corrected chi connectivity index (χ3v) is 4.69. The zero-order valence-corrected chi connectivity index (χ0v) is 12.9. The zero-order chi connectivity index (χ0) is 13.4. The van der Waals surface area contributed by atoms with Crippen LogP contribution < -0.4 is 5.73 Å². The molecule has 0 aromatic carbocycles. The molecule has 0 fully saturated rings. The van der Waals surface area contributed by atoms with Gasteiger partial charge in [0.15, 0.2) is 0 Å². The van der Waals surface area contributed by atoms with E-state index in [1.807, 2.05) is 11.3 Å². The van der Waals surface area contributed by atoms with Crippen LogP contribution in [0.4, 0.5) is 0 Å². The van der Waals surface area contributed by atoms with Gasteiger partial charge in [-0.15, -0.1) is 11.3 Å². The number of likely N-dealkylation sites (N-methyl/N-ethyl adjacent to an activating group) is 1. The minimum Gasteiger partial charge on any atom is -0.329 e. The van der Waals surface area contributed by atoms with Crippen molar-refractivity contribution in [3.05, 3.63) is 22.4 Å². The summed E-state index contributed by atoms with van der Waals surface area (Å²) in [5, 5.41) is 2.15. The topological polar surface area (TPSA) is 29.3 Å². The predicted octanol–water partition coefficient (Wildman–Crippen LogP) is 3.87. The van der Waals surface area contributed by atoms with Gasteiger partial charge in [-0.2, -0.15) is 0 Å². The van der Waals surface area contributed by atoms with E-state index in [4.69, 9.17) is 5.73 Å². The summed E-state index contributed by atoms with van der Waals surface area (Å²) in [5.74, 6) is 0. The quantitative estimate of drug-likeness (QED) is 0.689. The van der Waals surface area contributed by atoms with Crippen LogP contribution in [0.3, 0.4) is 0 Å². The lowest BCUT2D eigenvalue weighted by Crippen LogP contribution is -2.51. The van der Waals surface area contributed by atoms with Crippen molar-refractivity contribution in [3.63, 3.8) is 0 Å². The minimum atomic E-state index is 0.147. The van der Waals surface area contributed by atoms with E-state index in [9.17, 15) is 0 Å². The molecule has 1 unspecified atom stereocenters. The Bertz CT molecular complexity index is 310. The molecule has 0 aliphatic rings. The summed E-state index contributed by atoms with van der Waals surface area (Å²) in [5.41, 5.74) is 6.20. The smallest absolute Gasteiger partial charge is 0.0333 e. The summed E-state index contributed by atoms with van der Waals surface area (Å²) >= 11 is 1.84. The van der Waals surface area contributed by atoms with E-state index in [2.05, 4.69) is 43.2 Å². The first-order valence-electron chi connectivity index (χ1n) is 7.13. The molecule has 0 amide bonds. The van der Waals surface area contributed by atoms with Crippen LogP contribution in [0, 0.1) is 0 Å². The van der Waals surface area contributed by atoms with Gasteiger partial charge in [0, 0.05) is 23.5 Å². The molecule has 0 aliphatic carbocycles. The monoisotopic (exact) mass is 268 g/mol. The lowest BCUT2D eigenvalue weighted by molar-refractivity contribution is 0.0977. The summed E-state index contributed by atoms with van der Waals surface area (Å²) < 4.78 is 0. The molecule has 0 spiro atoms. The normalized spacial score (nSPS) is 14.9. The van der Waals surface area contributed by atoms with Gasteiger partial charge in [-0.1, -0.05) is 39.2 Å². The van der Waals surface area contributed by atoms with Crippen LogP contribution in [0.1, 0.15) is 51.3 Å². The third-order valence-electron chi connectivity index (χ3n) is 3.83. The average Bonchev–Trinajstić information content (AvgIpc) is 2.89. The van der Waals surface area contributed by atoms with E-state index in [1.54, 1.807) is 0 Å². The second-order valence-electron chi connectivity index (χ2n) is 5.25. The Hall–Kier alpha value is -0.380. The summed E-state index contributed by atoms with van der Waals surface area (Å²) in [6.07, 6.45) is 5.07. The molecule has 3 heteroatoms. The highest BCUT2D eigenvalue weighted by atomic mass is 32.1. The number of nitrogens with two attached hydrogens (primary N) is 1. The highest BCUT2D eigenvalue weighted by Crippen LogP contribution is 2.25. The molecule has 0 bridgehead atoms. The highest BCUT2D eigenvalue weighted by molar-refractivity contribution is 7.09. The first-order chi connectivity index (χ1) is 8.66. The van der Waals surface area contributed by atoms with E-state index in [0.29, 0.717) is 0 Å². The van der Waals surface area contributed by atoms with Gasteiger partial charge < -0.3 is 5.73 Å². The van der Waals surface area contributed by atoms with Gasteiger partial charge >= 0.3 is 0 Å². The van der Waals surface area contributed by atoms with Gasteiger partial charge in [0.2, 0.25) is 0 Å². The molecule has 0 saturated heterocycles. The van der Waals surface area contributed by atoms with Gasteiger partial charge in [-0.3, -0.25) is 4.90 Å². The van der Waals surface area contributed by atoms with Crippen molar-refractivity contribution in [2.75, 3.05) is 13.1 Å². The summed E-state index contributed by atoms with van der Waals surface area (Å²) in [6, 6.07) is 4.35. The molecule has 1 aromatic heterocycles. The summed E-state index contributed by atoms with van der Waals surface area (Å²) in [6.45, 7) is 9.66. The van der Waals surface area contributed by atoms with Crippen LogP contribution in [0.5, 0.6) is 0 Å². The van der Waals surface area contributed by atoms with E-state index in [-0.39, 0.29) is 5.54 Å². The fourth-order valence-electron chi connectivity index (χ4n) is 2.42. The largest absolute Gasteiger partial charge is 0.329 e. The second kappa shape index (κ2) is 7.93. The molecule has 0 radical (unpaired) electrons. The Labute approximate surface area is 116 Å². The van der Waals surface area contributed by atoms with Crippen LogP contribution in [0.25, 0.3) is 0 Å². The molecular weight excluding hydrogens is 240 g/mol. The number of thiophene rings is 1. The van der Waals surface area contributed by atoms with Crippen molar-refractivity contribution in [2.24, 2.45) is 5.73 Å². The summed E-state index contributed by atoms with van der Waals surface area (Å²) in [4.78, 5) is 3.97. The highest BCUT2D eigenvalue weighted by Gasteiger charge is 2.28. The molecule has 0 aliphatic heterocycles. The first-order valence-corrected chi connectivity index (χ1v) is 8.01. The van der Waals surface area contributed by atoms with Crippen molar-refractivity contribution in [3.8, 4) is 0 Å². The Morgan fingerprint density at radius 1 is 1.33 bits per heavy atom. The van der Waals surface area contributed by atoms with Crippen LogP contribution in [-0.2, 0) is 6.54 Å². The third kappa shape index (κ3) is 4.38. The Morgan fingerprint density at radius 2 is 2.11 bits per heavy atom. The van der Waals surface area contributed by atoms with Crippen LogP contribution >= 0.6 is 11.3 Å². The van der Waals surface area contributed by atoms with Crippen LogP contribution in [0.2, 0.25) is 0 Å². The molecular formula is C15H28N2S. The number of rotatable bonds is 9. The number of hydrogen-bond donors (Lipinski definition) is 1. The van der Waals surface area contributed by atoms with Gasteiger partial charge in [0.25, 0.3) is 0 Å². The molecule has 1 heterocycles. The standard InChI is InChI=1S/C15H28N2S/c1-4-6-7-10-15(3,13-16)17(5-2)12-14-9-8-11-18-14/h8-9,11H,4-7,10,12-13,16H2,1-3H3. The first kappa shape index (κ1) is 15.7. The predicted molar refractivity (Wildman–Crippen MR) is 82.0 cm³/mol. The van der Waals surface area contributed by atoms with Gasteiger partial charge in [0.1, 0.15) is 0 Å². The molecule has 2 nitrogen and oxygen atoms in total. The van der Waals surface area contributed by atoms with Gasteiger partial charge in [-0.05, 0) is 31.3 Å². The molecule has 2 N–H and O–H groups in total. The number of unbranched alkanes of at least 4 members (excludes halogenated alkanes) is 2. The van der Waals surface area contributed by atoms with Crippen LogP contribution in [-0.4, -0.2) is 23.5 Å². The number of nitrogens with zero attached hydrogens (tertiary/aromatic N) is 1. The maximum atomic E-state index is 6.06. The lowest BCUT2D eigenvalue weighted by Gasteiger charge is -2.40. The molecule has 1 aromatic rings. The van der Waals surface area contributed by atoms with E-state index < -0.39 is 0 Å². The molecule has 18 heavy (non-hydrogen) atoms. The Balaban J connectivity index is 2.63.